The second-order valence-corrected chi connectivity index (χ2v) is 6.00. The van der Waals surface area contributed by atoms with E-state index in [0.29, 0.717) is 11.1 Å². The van der Waals surface area contributed by atoms with Gasteiger partial charge in [-0.15, -0.1) is 0 Å². The Morgan fingerprint density at radius 2 is 1.89 bits per heavy atom. The van der Waals surface area contributed by atoms with Crippen molar-refractivity contribution < 1.29 is 23.9 Å². The van der Waals surface area contributed by atoms with Gasteiger partial charge in [-0.25, -0.2) is 14.3 Å². The van der Waals surface area contributed by atoms with E-state index in [-0.39, 0.29) is 6.54 Å². The van der Waals surface area contributed by atoms with Gasteiger partial charge in [-0.3, -0.25) is 20.4 Å². The summed E-state index contributed by atoms with van der Waals surface area (Å²) in [5.74, 6) is 9.89. The SMILES string of the molecule is CC(O)(C(F)F)C(NCc1ccc(C#CC#Cc2cn[nH]c2)cc1)C(=O)NO. The number of benzene rings is 1. The van der Waals surface area contributed by atoms with Crippen LogP contribution in [0.5, 0.6) is 0 Å². The van der Waals surface area contributed by atoms with Crippen molar-refractivity contribution in [2.24, 2.45) is 0 Å². The van der Waals surface area contributed by atoms with Gasteiger partial charge in [0.15, 0.2) is 0 Å². The molecule has 9 heteroatoms. The van der Waals surface area contributed by atoms with Crippen LogP contribution in [0.25, 0.3) is 0 Å². The predicted molar refractivity (Wildman–Crippen MR) is 96.0 cm³/mol. The number of hydrogen-bond donors (Lipinski definition) is 5. The van der Waals surface area contributed by atoms with Crippen molar-refractivity contribution in [3.05, 3.63) is 53.3 Å². The van der Waals surface area contributed by atoms with Crippen LogP contribution in [0.1, 0.15) is 23.6 Å². The number of alkyl halides is 2. The molecule has 0 radical (unpaired) electrons. The molecule has 0 fully saturated rings. The Morgan fingerprint density at radius 3 is 2.43 bits per heavy atom. The molecular weight excluding hydrogens is 370 g/mol. The highest BCUT2D eigenvalue weighted by atomic mass is 19.3. The summed E-state index contributed by atoms with van der Waals surface area (Å²) in [7, 11) is 0. The van der Waals surface area contributed by atoms with Crippen molar-refractivity contribution >= 4 is 5.91 Å². The zero-order valence-electron chi connectivity index (χ0n) is 14.8. The minimum Gasteiger partial charge on any atom is -0.382 e. The molecule has 0 spiro atoms. The van der Waals surface area contributed by atoms with E-state index >= 15 is 0 Å². The van der Waals surface area contributed by atoms with Gasteiger partial charge < -0.3 is 5.11 Å². The van der Waals surface area contributed by atoms with Crippen molar-refractivity contribution in [2.75, 3.05) is 0 Å². The molecule has 0 bridgehead atoms. The standard InChI is InChI=1S/C19H18F2N4O3/c1-19(27,18(20)21)16(17(26)25-28)22-10-14-8-6-13(7-9-14)4-2-3-5-15-11-23-24-12-15/h6-9,11-12,16,18,22,27-28H,10H2,1H3,(H,23,24)(H,25,26). The average molecular weight is 388 g/mol. The number of hydrogen-bond acceptors (Lipinski definition) is 5. The number of aromatic amines is 1. The van der Waals surface area contributed by atoms with Crippen LogP contribution in [0, 0.1) is 23.7 Å². The largest absolute Gasteiger partial charge is 0.382 e. The number of carbonyl (C=O) groups is 1. The van der Waals surface area contributed by atoms with Crippen molar-refractivity contribution in [3.63, 3.8) is 0 Å². The first-order valence-corrected chi connectivity index (χ1v) is 8.12. The molecule has 5 N–H and O–H groups in total. The summed E-state index contributed by atoms with van der Waals surface area (Å²) < 4.78 is 26.0. The van der Waals surface area contributed by atoms with Gasteiger partial charge >= 0.3 is 0 Å². The summed E-state index contributed by atoms with van der Waals surface area (Å²) in [5, 5.41) is 27.5. The molecule has 7 nitrogen and oxygen atoms in total. The van der Waals surface area contributed by atoms with E-state index in [2.05, 4.69) is 39.2 Å². The Kier molecular flexibility index (Phi) is 7.24. The Bertz CT molecular complexity index is 905. The van der Waals surface area contributed by atoms with Crippen LogP contribution in [0.2, 0.25) is 0 Å². The highest BCUT2D eigenvalue weighted by molar-refractivity contribution is 5.82. The molecule has 0 saturated carbocycles. The van der Waals surface area contributed by atoms with Crippen LogP contribution in [0.3, 0.4) is 0 Å². The lowest BCUT2D eigenvalue weighted by Crippen LogP contribution is -2.60. The Hall–Kier alpha value is -3.24. The maximum Gasteiger partial charge on any atom is 0.268 e. The molecule has 2 aromatic rings. The van der Waals surface area contributed by atoms with Gasteiger partial charge in [0.25, 0.3) is 12.3 Å². The van der Waals surface area contributed by atoms with Gasteiger partial charge in [-0.1, -0.05) is 18.1 Å². The summed E-state index contributed by atoms with van der Waals surface area (Å²) in [4.78, 5) is 11.6. The van der Waals surface area contributed by atoms with E-state index in [4.69, 9.17) is 5.21 Å². The Morgan fingerprint density at radius 1 is 1.25 bits per heavy atom. The molecule has 28 heavy (non-hydrogen) atoms. The molecule has 0 saturated heterocycles. The van der Waals surface area contributed by atoms with Crippen molar-refractivity contribution in [1.82, 2.24) is 21.0 Å². The van der Waals surface area contributed by atoms with Crippen molar-refractivity contribution in [2.45, 2.75) is 31.5 Å². The second kappa shape index (κ2) is 9.62. The van der Waals surface area contributed by atoms with Crippen LogP contribution in [0.4, 0.5) is 8.78 Å². The van der Waals surface area contributed by atoms with E-state index in [9.17, 15) is 18.7 Å². The normalized spacial score (nSPS) is 13.5. The average Bonchev–Trinajstić information content (AvgIpc) is 3.19. The van der Waals surface area contributed by atoms with Crippen LogP contribution in [-0.4, -0.2) is 44.5 Å². The lowest BCUT2D eigenvalue weighted by Gasteiger charge is -2.31. The van der Waals surface area contributed by atoms with E-state index in [0.717, 1.165) is 12.5 Å². The summed E-state index contributed by atoms with van der Waals surface area (Å²) in [5.41, 5.74) is 0.689. The predicted octanol–water partition coefficient (Wildman–Crippen LogP) is 0.793. The number of rotatable bonds is 6. The van der Waals surface area contributed by atoms with E-state index in [1.54, 1.807) is 36.7 Å². The molecule has 1 amide bonds. The number of aliphatic hydroxyl groups is 1. The van der Waals surface area contributed by atoms with E-state index in [1.165, 1.54) is 5.48 Å². The summed E-state index contributed by atoms with van der Waals surface area (Å²) in [6.07, 6.45) is 0.0291. The number of carbonyl (C=O) groups excluding carboxylic acids is 1. The number of nitrogens with zero attached hydrogens (tertiary/aromatic N) is 1. The first-order chi connectivity index (χ1) is 13.3. The first kappa shape index (κ1) is 21.1. The van der Waals surface area contributed by atoms with E-state index < -0.39 is 24.0 Å². The van der Waals surface area contributed by atoms with Gasteiger partial charge in [0, 0.05) is 18.3 Å². The fourth-order valence-electron chi connectivity index (χ4n) is 2.21. The van der Waals surface area contributed by atoms with Crippen LogP contribution < -0.4 is 10.8 Å². The van der Waals surface area contributed by atoms with Crippen molar-refractivity contribution in [1.29, 1.82) is 0 Å². The van der Waals surface area contributed by atoms with Crippen molar-refractivity contribution in [3.8, 4) is 23.7 Å². The lowest BCUT2D eigenvalue weighted by atomic mass is 9.96. The molecule has 146 valence electrons. The number of hydroxylamine groups is 1. The molecule has 1 heterocycles. The van der Waals surface area contributed by atoms with Gasteiger partial charge in [-0.05, 0) is 42.4 Å². The van der Waals surface area contributed by atoms with Crippen LogP contribution >= 0.6 is 0 Å². The summed E-state index contributed by atoms with van der Waals surface area (Å²) >= 11 is 0. The molecule has 2 unspecified atom stereocenters. The molecule has 0 aliphatic rings. The smallest absolute Gasteiger partial charge is 0.268 e. The third-order valence-electron chi connectivity index (χ3n) is 3.84. The Balaban J connectivity index is 2.00. The van der Waals surface area contributed by atoms with Gasteiger partial charge in [-0.2, -0.15) is 5.10 Å². The third kappa shape index (κ3) is 5.63. The molecular formula is C19H18F2N4O3. The summed E-state index contributed by atoms with van der Waals surface area (Å²) in [6, 6.07) is 5.07. The zero-order chi connectivity index (χ0) is 20.6. The minimum atomic E-state index is -3.19. The highest BCUT2D eigenvalue weighted by Crippen LogP contribution is 2.20. The number of amides is 1. The summed E-state index contributed by atoms with van der Waals surface area (Å²) in [6.45, 7) is 0.822. The number of nitrogens with one attached hydrogen (secondary N) is 3. The topological polar surface area (TPSA) is 110 Å². The van der Waals surface area contributed by atoms with Gasteiger partial charge in [0.1, 0.15) is 11.6 Å². The fourth-order valence-corrected chi connectivity index (χ4v) is 2.21. The zero-order valence-corrected chi connectivity index (χ0v) is 14.8. The first-order valence-electron chi connectivity index (χ1n) is 8.12. The van der Waals surface area contributed by atoms with Gasteiger partial charge in [0.05, 0.1) is 11.8 Å². The van der Waals surface area contributed by atoms with E-state index in [1.807, 2.05) is 0 Å². The Labute approximate surface area is 160 Å². The van der Waals surface area contributed by atoms with Crippen LogP contribution in [-0.2, 0) is 11.3 Å². The van der Waals surface area contributed by atoms with Crippen LogP contribution in [0.15, 0.2) is 36.7 Å². The third-order valence-corrected chi connectivity index (χ3v) is 3.84. The molecule has 2 rings (SSSR count). The second-order valence-electron chi connectivity index (χ2n) is 6.00. The quantitative estimate of drug-likeness (QED) is 0.286. The molecule has 0 aliphatic heterocycles. The number of halogens is 2. The molecule has 1 aromatic carbocycles. The fraction of sp³-hybridized carbons (Fsp3) is 0.263. The number of H-pyrrole nitrogens is 1. The maximum atomic E-state index is 13.0. The molecule has 0 aliphatic carbocycles. The minimum absolute atomic E-state index is 0.00889. The monoisotopic (exact) mass is 388 g/mol. The lowest BCUT2D eigenvalue weighted by molar-refractivity contribution is -0.150. The van der Waals surface area contributed by atoms with Gasteiger partial charge in [0.2, 0.25) is 0 Å². The number of aromatic nitrogens is 2. The maximum absolute atomic E-state index is 13.0. The molecule has 2 atom stereocenters. The highest BCUT2D eigenvalue weighted by Gasteiger charge is 2.44. The molecule has 1 aromatic heterocycles.